The third-order valence-electron chi connectivity index (χ3n) is 2.72. The Morgan fingerprint density at radius 2 is 2.00 bits per heavy atom. The molecular weight excluding hydrogens is 244 g/mol. The first-order chi connectivity index (χ1) is 8.72. The number of hydrogen-bond donors (Lipinski definition) is 2. The van der Waals surface area contributed by atoms with Crippen molar-refractivity contribution in [2.75, 3.05) is 5.32 Å². The number of benzene rings is 1. The molecule has 0 bridgehead atoms. The van der Waals surface area contributed by atoms with E-state index in [2.05, 4.69) is 10.3 Å². The molecule has 0 saturated carbocycles. The molecule has 18 heavy (non-hydrogen) atoms. The minimum absolute atomic E-state index is 0.0500. The zero-order chi connectivity index (χ0) is 12.5. The topological polar surface area (TPSA) is 44.9 Å². The molecule has 3 nitrogen and oxygen atoms in total. The first-order valence-electron chi connectivity index (χ1n) is 5.68. The summed E-state index contributed by atoms with van der Waals surface area (Å²) >= 11 is 1.50. The SMILES string of the molecule is Cc1ccc(/C=C2\Sc3ccccc3NC2=O)[nH]1. The first-order valence-corrected chi connectivity index (χ1v) is 6.49. The fraction of sp³-hybridized carbons (Fsp3) is 0.0714. The Balaban J connectivity index is 1.96. The zero-order valence-electron chi connectivity index (χ0n) is 9.86. The second-order valence-electron chi connectivity index (χ2n) is 4.16. The highest BCUT2D eigenvalue weighted by molar-refractivity contribution is 8.04. The van der Waals surface area contributed by atoms with E-state index in [4.69, 9.17) is 0 Å². The molecule has 1 aromatic heterocycles. The molecule has 1 aliphatic heterocycles. The molecule has 0 radical (unpaired) electrons. The molecule has 0 aliphatic carbocycles. The van der Waals surface area contributed by atoms with Gasteiger partial charge in [0.15, 0.2) is 0 Å². The van der Waals surface area contributed by atoms with E-state index in [1.807, 2.05) is 49.4 Å². The number of nitrogens with one attached hydrogen (secondary N) is 2. The van der Waals surface area contributed by atoms with Crippen molar-refractivity contribution in [3.05, 3.63) is 52.7 Å². The Bertz CT molecular complexity index is 643. The van der Waals surface area contributed by atoms with Crippen LogP contribution in [0.1, 0.15) is 11.4 Å². The van der Waals surface area contributed by atoms with E-state index in [1.165, 1.54) is 11.8 Å². The van der Waals surface area contributed by atoms with Crippen LogP contribution in [0.3, 0.4) is 0 Å². The Labute approximate surface area is 109 Å². The smallest absolute Gasteiger partial charge is 0.262 e. The van der Waals surface area contributed by atoms with Crippen LogP contribution in [0.4, 0.5) is 5.69 Å². The second-order valence-corrected chi connectivity index (χ2v) is 5.24. The lowest BCUT2D eigenvalue weighted by molar-refractivity contribution is -0.112. The summed E-state index contributed by atoms with van der Waals surface area (Å²) in [6.45, 7) is 1.99. The molecule has 2 N–H and O–H groups in total. The quantitative estimate of drug-likeness (QED) is 0.768. The van der Waals surface area contributed by atoms with Crippen molar-refractivity contribution in [3.63, 3.8) is 0 Å². The van der Waals surface area contributed by atoms with E-state index in [1.54, 1.807) is 0 Å². The van der Waals surface area contributed by atoms with Crippen LogP contribution in [-0.2, 0) is 4.79 Å². The van der Waals surface area contributed by atoms with Crippen molar-refractivity contribution >= 4 is 29.4 Å². The predicted molar refractivity (Wildman–Crippen MR) is 74.4 cm³/mol. The molecule has 2 aromatic rings. The van der Waals surface area contributed by atoms with Gasteiger partial charge in [-0.25, -0.2) is 0 Å². The summed E-state index contributed by atoms with van der Waals surface area (Å²) in [7, 11) is 0. The average molecular weight is 256 g/mol. The number of amides is 1. The summed E-state index contributed by atoms with van der Waals surface area (Å²) in [6.07, 6.45) is 1.88. The highest BCUT2D eigenvalue weighted by Crippen LogP contribution is 2.38. The predicted octanol–water partition coefficient (Wildman–Crippen LogP) is 3.41. The average Bonchev–Trinajstić information content (AvgIpc) is 2.76. The van der Waals surface area contributed by atoms with Crippen LogP contribution in [0, 0.1) is 6.92 Å². The first kappa shape index (κ1) is 11.2. The zero-order valence-corrected chi connectivity index (χ0v) is 10.7. The van der Waals surface area contributed by atoms with E-state index >= 15 is 0 Å². The number of fused-ring (bicyclic) bond motifs is 1. The third kappa shape index (κ3) is 2.07. The summed E-state index contributed by atoms with van der Waals surface area (Å²) in [6, 6.07) is 11.8. The molecule has 0 saturated heterocycles. The van der Waals surface area contributed by atoms with E-state index in [0.717, 1.165) is 22.0 Å². The third-order valence-corrected chi connectivity index (χ3v) is 3.82. The van der Waals surface area contributed by atoms with Gasteiger partial charge in [-0.3, -0.25) is 4.79 Å². The molecule has 0 atom stereocenters. The minimum Gasteiger partial charge on any atom is -0.359 e. The monoisotopic (exact) mass is 256 g/mol. The fourth-order valence-corrected chi connectivity index (χ4v) is 2.80. The molecule has 1 amide bonds. The lowest BCUT2D eigenvalue weighted by Gasteiger charge is -2.17. The van der Waals surface area contributed by atoms with Crippen LogP contribution < -0.4 is 5.32 Å². The molecule has 1 aromatic carbocycles. The van der Waals surface area contributed by atoms with Gasteiger partial charge in [0.2, 0.25) is 0 Å². The molecule has 0 unspecified atom stereocenters. The maximum atomic E-state index is 12.0. The molecule has 90 valence electrons. The number of thioether (sulfide) groups is 1. The molecule has 0 spiro atoms. The lowest BCUT2D eigenvalue weighted by Crippen LogP contribution is -2.17. The normalized spacial score (nSPS) is 16.5. The number of anilines is 1. The van der Waals surface area contributed by atoms with Crippen LogP contribution in [0.5, 0.6) is 0 Å². The van der Waals surface area contributed by atoms with E-state index < -0.39 is 0 Å². The van der Waals surface area contributed by atoms with Crippen molar-refractivity contribution in [3.8, 4) is 0 Å². The summed E-state index contributed by atoms with van der Waals surface area (Å²) < 4.78 is 0. The summed E-state index contributed by atoms with van der Waals surface area (Å²) in [5.41, 5.74) is 2.92. The van der Waals surface area contributed by atoms with Crippen LogP contribution in [0.15, 0.2) is 46.2 Å². The van der Waals surface area contributed by atoms with E-state index in [9.17, 15) is 4.79 Å². The Morgan fingerprint density at radius 1 is 1.17 bits per heavy atom. The Hall–Kier alpha value is -1.94. The molecule has 4 heteroatoms. The number of hydrogen-bond acceptors (Lipinski definition) is 2. The van der Waals surface area contributed by atoms with Crippen molar-refractivity contribution in [2.24, 2.45) is 0 Å². The molecule has 3 rings (SSSR count). The molecule has 2 heterocycles. The van der Waals surface area contributed by atoms with Gasteiger partial charge in [-0.05, 0) is 37.3 Å². The van der Waals surface area contributed by atoms with Gasteiger partial charge in [0.1, 0.15) is 0 Å². The molecule has 0 fully saturated rings. The van der Waals surface area contributed by atoms with Gasteiger partial charge in [-0.2, -0.15) is 0 Å². The van der Waals surface area contributed by atoms with Crippen molar-refractivity contribution in [1.29, 1.82) is 0 Å². The van der Waals surface area contributed by atoms with Crippen LogP contribution in [-0.4, -0.2) is 10.9 Å². The summed E-state index contributed by atoms with van der Waals surface area (Å²) in [5, 5.41) is 2.90. The fourth-order valence-electron chi connectivity index (χ4n) is 1.85. The minimum atomic E-state index is -0.0500. The number of aromatic nitrogens is 1. The van der Waals surface area contributed by atoms with Gasteiger partial charge < -0.3 is 10.3 Å². The Morgan fingerprint density at radius 3 is 2.78 bits per heavy atom. The standard InChI is InChI=1S/C14H12N2OS/c1-9-6-7-10(15-9)8-13-14(17)16-11-4-2-3-5-12(11)18-13/h2-8,15H,1H3,(H,16,17)/b13-8-. The van der Waals surface area contributed by atoms with Gasteiger partial charge in [-0.1, -0.05) is 23.9 Å². The molecular formula is C14H12N2OS. The van der Waals surface area contributed by atoms with Gasteiger partial charge in [-0.15, -0.1) is 0 Å². The van der Waals surface area contributed by atoms with E-state index in [-0.39, 0.29) is 5.91 Å². The number of carbonyl (C=O) groups excluding carboxylic acids is 1. The van der Waals surface area contributed by atoms with Gasteiger partial charge in [0.25, 0.3) is 5.91 Å². The van der Waals surface area contributed by atoms with Crippen LogP contribution in [0.25, 0.3) is 6.08 Å². The maximum absolute atomic E-state index is 12.0. The van der Waals surface area contributed by atoms with E-state index in [0.29, 0.717) is 4.91 Å². The van der Waals surface area contributed by atoms with Gasteiger partial charge >= 0.3 is 0 Å². The van der Waals surface area contributed by atoms with Crippen molar-refractivity contribution < 1.29 is 4.79 Å². The van der Waals surface area contributed by atoms with Crippen LogP contribution >= 0.6 is 11.8 Å². The largest absolute Gasteiger partial charge is 0.359 e. The van der Waals surface area contributed by atoms with Crippen molar-refractivity contribution in [1.82, 2.24) is 4.98 Å². The number of para-hydroxylation sites is 1. The number of carbonyl (C=O) groups is 1. The number of aromatic amines is 1. The lowest BCUT2D eigenvalue weighted by atomic mass is 10.3. The second kappa shape index (κ2) is 4.38. The highest BCUT2D eigenvalue weighted by atomic mass is 32.2. The molecule has 1 aliphatic rings. The summed E-state index contributed by atoms with van der Waals surface area (Å²) in [5.74, 6) is -0.0500. The van der Waals surface area contributed by atoms with Crippen molar-refractivity contribution in [2.45, 2.75) is 11.8 Å². The number of rotatable bonds is 1. The van der Waals surface area contributed by atoms with Crippen LogP contribution in [0.2, 0.25) is 0 Å². The Kier molecular flexibility index (Phi) is 2.72. The number of aryl methyl sites for hydroxylation is 1. The number of H-pyrrole nitrogens is 1. The summed E-state index contributed by atoms with van der Waals surface area (Å²) in [4.78, 5) is 16.9. The van der Waals surface area contributed by atoms with Gasteiger partial charge in [0.05, 0.1) is 10.6 Å². The van der Waals surface area contributed by atoms with Gasteiger partial charge in [0, 0.05) is 16.3 Å². The maximum Gasteiger partial charge on any atom is 0.262 e. The highest BCUT2D eigenvalue weighted by Gasteiger charge is 2.20.